The molecule has 0 bridgehead atoms. The van der Waals surface area contributed by atoms with Crippen LogP contribution in [0.3, 0.4) is 0 Å². The summed E-state index contributed by atoms with van der Waals surface area (Å²) in [6, 6.07) is 2.85. The van der Waals surface area contributed by atoms with Crippen molar-refractivity contribution in [1.29, 1.82) is 0 Å². The molecule has 1 aromatic rings. The van der Waals surface area contributed by atoms with E-state index in [1.165, 1.54) is 22.6 Å². The van der Waals surface area contributed by atoms with E-state index in [0.29, 0.717) is 38.7 Å². The van der Waals surface area contributed by atoms with E-state index in [1.807, 2.05) is 0 Å². The van der Waals surface area contributed by atoms with Crippen LogP contribution in [0.4, 0.5) is 4.39 Å². The van der Waals surface area contributed by atoms with Gasteiger partial charge in [-0.1, -0.05) is 0 Å². The fourth-order valence-electron chi connectivity index (χ4n) is 2.84. The van der Waals surface area contributed by atoms with Crippen molar-refractivity contribution < 1.29 is 22.3 Å². The molecule has 2 N–H and O–H groups in total. The molecule has 0 saturated carbocycles. The maximum atomic E-state index is 12.8. The average molecular weight is 415 g/mol. The summed E-state index contributed by atoms with van der Waals surface area (Å²) in [6.45, 7) is 0.713. The highest BCUT2D eigenvalue weighted by Crippen LogP contribution is 2.26. The Bertz CT molecular complexity index is 788. The quantitative estimate of drug-likeness (QED) is 0.684. The van der Waals surface area contributed by atoms with E-state index >= 15 is 0 Å². The number of hydrogen-bond acceptors (Lipinski definition) is 6. The molecule has 2 rings (SSSR count). The zero-order valence-electron chi connectivity index (χ0n) is 16.2. The second-order valence-electron chi connectivity index (χ2n) is 6.93. The first-order chi connectivity index (χ1) is 13.3. The number of nitrogens with two attached hydrogens (primary N) is 1. The molecule has 10 heteroatoms. The van der Waals surface area contributed by atoms with Gasteiger partial charge in [0.05, 0.1) is 12.5 Å². The lowest BCUT2D eigenvalue weighted by Gasteiger charge is -2.31. The second kappa shape index (κ2) is 9.94. The zero-order chi connectivity index (χ0) is 20.7. The van der Waals surface area contributed by atoms with Gasteiger partial charge in [0, 0.05) is 51.8 Å². The van der Waals surface area contributed by atoms with E-state index in [4.69, 9.17) is 10.5 Å². The standard InChI is InChI=1S/C18H27FN4O4S/c1-22(2)18(24)9-14-5-7-23(8-6-14)28(25,26)16-3-4-17(21-12-16)27-13-15(10-19)11-20/h3-4,10,12,14H,5-9,11,13,20H2,1-2H3/b15-10-. The summed E-state index contributed by atoms with van der Waals surface area (Å²) in [5.74, 6) is 0.435. The number of carbonyl (C=O) groups excluding carboxylic acids is 1. The first kappa shape index (κ1) is 22.3. The number of aromatic nitrogens is 1. The van der Waals surface area contributed by atoms with Crippen LogP contribution in [-0.2, 0) is 14.8 Å². The fraction of sp³-hybridized carbons (Fsp3) is 0.556. The van der Waals surface area contributed by atoms with Crippen molar-refractivity contribution in [2.24, 2.45) is 11.7 Å². The predicted octanol–water partition coefficient (Wildman–Crippen LogP) is 1.15. The molecule has 1 aliphatic rings. The Morgan fingerprint density at radius 2 is 2.07 bits per heavy atom. The lowest BCUT2D eigenvalue weighted by Crippen LogP contribution is -2.39. The Kier molecular flexibility index (Phi) is 7.90. The van der Waals surface area contributed by atoms with E-state index in [9.17, 15) is 17.6 Å². The smallest absolute Gasteiger partial charge is 0.244 e. The van der Waals surface area contributed by atoms with Crippen LogP contribution in [0.15, 0.2) is 35.1 Å². The molecular formula is C18H27FN4O4S. The van der Waals surface area contributed by atoms with Crippen LogP contribution in [0, 0.1) is 5.92 Å². The van der Waals surface area contributed by atoms with E-state index in [1.54, 1.807) is 19.0 Å². The summed E-state index contributed by atoms with van der Waals surface area (Å²) < 4.78 is 44.8. The molecule has 8 nitrogen and oxygen atoms in total. The van der Waals surface area contributed by atoms with Gasteiger partial charge in [-0.2, -0.15) is 4.31 Å². The third-order valence-corrected chi connectivity index (χ3v) is 6.59. The molecule has 1 aliphatic heterocycles. The van der Waals surface area contributed by atoms with Crippen LogP contribution in [0.5, 0.6) is 5.88 Å². The van der Waals surface area contributed by atoms with Crippen LogP contribution >= 0.6 is 0 Å². The van der Waals surface area contributed by atoms with Gasteiger partial charge in [0.2, 0.25) is 21.8 Å². The number of halogens is 1. The van der Waals surface area contributed by atoms with Gasteiger partial charge in [0.1, 0.15) is 11.5 Å². The van der Waals surface area contributed by atoms with E-state index in [-0.39, 0.29) is 41.3 Å². The summed E-state index contributed by atoms with van der Waals surface area (Å²) >= 11 is 0. The lowest BCUT2D eigenvalue weighted by molar-refractivity contribution is -0.129. The maximum Gasteiger partial charge on any atom is 0.244 e. The molecular weight excluding hydrogens is 387 g/mol. The molecule has 28 heavy (non-hydrogen) atoms. The van der Waals surface area contributed by atoms with Crippen LogP contribution in [-0.4, -0.2) is 68.9 Å². The Morgan fingerprint density at radius 1 is 1.39 bits per heavy atom. The fourth-order valence-corrected chi connectivity index (χ4v) is 4.25. The molecule has 0 spiro atoms. The van der Waals surface area contributed by atoms with Gasteiger partial charge in [0.15, 0.2) is 0 Å². The minimum atomic E-state index is -3.66. The number of nitrogens with zero attached hydrogens (tertiary/aromatic N) is 3. The van der Waals surface area contributed by atoms with E-state index in [0.717, 1.165) is 0 Å². The van der Waals surface area contributed by atoms with Crippen molar-refractivity contribution in [2.75, 3.05) is 40.3 Å². The summed E-state index contributed by atoms with van der Waals surface area (Å²) in [6.07, 6.45) is 3.34. The first-order valence-corrected chi connectivity index (χ1v) is 10.5. The molecule has 0 radical (unpaired) electrons. The van der Waals surface area contributed by atoms with E-state index in [2.05, 4.69) is 4.98 Å². The number of hydrogen-bond donors (Lipinski definition) is 1. The van der Waals surface area contributed by atoms with Crippen molar-refractivity contribution in [3.8, 4) is 5.88 Å². The van der Waals surface area contributed by atoms with Crippen LogP contribution in [0.1, 0.15) is 19.3 Å². The number of amides is 1. The molecule has 1 fully saturated rings. The monoisotopic (exact) mass is 414 g/mol. The highest BCUT2D eigenvalue weighted by molar-refractivity contribution is 7.89. The molecule has 0 aromatic carbocycles. The Morgan fingerprint density at radius 3 is 2.57 bits per heavy atom. The van der Waals surface area contributed by atoms with Crippen LogP contribution < -0.4 is 10.5 Å². The number of carbonyl (C=O) groups is 1. The minimum Gasteiger partial charge on any atom is -0.473 e. The lowest BCUT2D eigenvalue weighted by atomic mass is 9.94. The van der Waals surface area contributed by atoms with Crippen LogP contribution in [0.2, 0.25) is 0 Å². The molecule has 1 aromatic heterocycles. The predicted molar refractivity (Wildman–Crippen MR) is 103 cm³/mol. The highest BCUT2D eigenvalue weighted by atomic mass is 32.2. The summed E-state index contributed by atoms with van der Waals surface area (Å²) in [4.78, 5) is 17.4. The summed E-state index contributed by atoms with van der Waals surface area (Å²) in [5.41, 5.74) is 5.62. The number of sulfonamides is 1. The van der Waals surface area contributed by atoms with Crippen molar-refractivity contribution in [3.63, 3.8) is 0 Å². The topological polar surface area (TPSA) is 106 Å². The number of pyridine rings is 1. The third kappa shape index (κ3) is 5.73. The van der Waals surface area contributed by atoms with Crippen LogP contribution in [0.25, 0.3) is 0 Å². The maximum absolute atomic E-state index is 12.8. The largest absolute Gasteiger partial charge is 0.473 e. The first-order valence-electron chi connectivity index (χ1n) is 9.05. The van der Waals surface area contributed by atoms with Crippen molar-refractivity contribution >= 4 is 15.9 Å². The van der Waals surface area contributed by atoms with E-state index < -0.39 is 10.0 Å². The Hall–Kier alpha value is -2.04. The number of rotatable bonds is 8. The molecule has 1 saturated heterocycles. The Labute approximate surface area is 165 Å². The van der Waals surface area contributed by atoms with Gasteiger partial charge in [0.25, 0.3) is 0 Å². The van der Waals surface area contributed by atoms with Gasteiger partial charge in [-0.05, 0) is 24.8 Å². The average Bonchev–Trinajstić information content (AvgIpc) is 2.69. The molecule has 156 valence electrons. The Balaban J connectivity index is 1.95. The highest BCUT2D eigenvalue weighted by Gasteiger charge is 2.30. The zero-order valence-corrected chi connectivity index (χ0v) is 17.0. The van der Waals surface area contributed by atoms with Gasteiger partial charge in [-0.3, -0.25) is 4.79 Å². The molecule has 0 atom stereocenters. The SMILES string of the molecule is CN(C)C(=O)CC1CCN(S(=O)(=O)c2ccc(OC/C(=C\F)CN)nc2)CC1. The van der Waals surface area contributed by atoms with Gasteiger partial charge in [-0.15, -0.1) is 0 Å². The molecule has 0 unspecified atom stereocenters. The summed E-state index contributed by atoms with van der Waals surface area (Å²) in [5, 5.41) is 0. The normalized spacial score (nSPS) is 16.8. The second-order valence-corrected chi connectivity index (χ2v) is 8.87. The van der Waals surface area contributed by atoms with Crippen molar-refractivity contribution in [1.82, 2.24) is 14.2 Å². The molecule has 2 heterocycles. The van der Waals surface area contributed by atoms with Gasteiger partial charge < -0.3 is 15.4 Å². The molecule has 1 amide bonds. The number of ether oxygens (including phenoxy) is 1. The van der Waals surface area contributed by atoms with Crippen molar-refractivity contribution in [2.45, 2.75) is 24.2 Å². The molecule has 0 aliphatic carbocycles. The number of piperidine rings is 1. The van der Waals surface area contributed by atoms with Gasteiger partial charge in [-0.25, -0.2) is 17.8 Å². The third-order valence-electron chi connectivity index (χ3n) is 4.70. The summed E-state index contributed by atoms with van der Waals surface area (Å²) in [7, 11) is -0.228. The van der Waals surface area contributed by atoms with Gasteiger partial charge >= 0.3 is 0 Å². The van der Waals surface area contributed by atoms with Crippen molar-refractivity contribution in [3.05, 3.63) is 30.2 Å². The minimum absolute atomic E-state index is 0.0268.